The van der Waals surface area contributed by atoms with Gasteiger partial charge in [0.05, 0.1) is 6.61 Å². The number of rotatable bonds is 5. The average molecular weight is 314 g/mol. The third kappa shape index (κ3) is 3.13. The standard InChI is InChI=1S/C12H14N2O4S2/c1-3-7(11(17)18-4-2)19-12-14-10-9(20-12)6(15)5-8(16)13-10/h5,7H,3-4H2,1-2H3,(H2,13,15,16)/t7-/m0/s1. The van der Waals surface area contributed by atoms with Crippen molar-refractivity contribution in [1.82, 2.24) is 9.97 Å². The highest BCUT2D eigenvalue weighted by Gasteiger charge is 2.21. The molecule has 20 heavy (non-hydrogen) atoms. The van der Waals surface area contributed by atoms with Gasteiger partial charge in [0, 0.05) is 6.07 Å². The van der Waals surface area contributed by atoms with Crippen LogP contribution < -0.4 is 5.56 Å². The summed E-state index contributed by atoms with van der Waals surface area (Å²) in [5, 5.41) is 9.36. The Morgan fingerprint density at radius 2 is 2.35 bits per heavy atom. The summed E-state index contributed by atoms with van der Waals surface area (Å²) < 4.78 is 6.11. The number of hydrogen-bond donors (Lipinski definition) is 2. The summed E-state index contributed by atoms with van der Waals surface area (Å²) in [6.07, 6.45) is 0.613. The Morgan fingerprint density at radius 1 is 1.60 bits per heavy atom. The Labute approximate surface area is 123 Å². The van der Waals surface area contributed by atoms with Crippen LogP contribution in [0.25, 0.3) is 10.3 Å². The maximum atomic E-state index is 11.7. The summed E-state index contributed by atoms with van der Waals surface area (Å²) in [6.45, 7) is 3.99. The molecule has 8 heteroatoms. The molecule has 2 rings (SSSR count). The lowest BCUT2D eigenvalue weighted by molar-refractivity contribution is -0.142. The molecule has 1 atom stereocenters. The number of nitrogens with zero attached hydrogens (tertiary/aromatic N) is 1. The Balaban J connectivity index is 2.27. The summed E-state index contributed by atoms with van der Waals surface area (Å²) in [4.78, 5) is 29.8. The van der Waals surface area contributed by atoms with Crippen LogP contribution in [0.15, 0.2) is 15.2 Å². The van der Waals surface area contributed by atoms with E-state index in [2.05, 4.69) is 9.97 Å². The van der Waals surface area contributed by atoms with Crippen molar-refractivity contribution in [1.29, 1.82) is 0 Å². The molecule has 2 N–H and O–H groups in total. The minimum Gasteiger partial charge on any atom is -0.506 e. The van der Waals surface area contributed by atoms with Crippen LogP contribution >= 0.6 is 23.1 Å². The molecule has 0 aromatic carbocycles. The van der Waals surface area contributed by atoms with Crippen LogP contribution in [-0.4, -0.2) is 32.9 Å². The van der Waals surface area contributed by atoms with Gasteiger partial charge in [-0.05, 0) is 13.3 Å². The first-order valence-corrected chi connectivity index (χ1v) is 7.80. The highest BCUT2D eigenvalue weighted by Crippen LogP contribution is 2.35. The monoisotopic (exact) mass is 314 g/mol. The summed E-state index contributed by atoms with van der Waals surface area (Å²) >= 11 is 2.51. The van der Waals surface area contributed by atoms with E-state index in [1.165, 1.54) is 23.1 Å². The second-order valence-electron chi connectivity index (χ2n) is 3.94. The second-order valence-corrected chi connectivity index (χ2v) is 6.39. The number of fused-ring (bicyclic) bond motifs is 1. The Bertz CT molecular complexity index is 680. The molecule has 0 amide bonds. The van der Waals surface area contributed by atoms with Crippen LogP contribution in [0.4, 0.5) is 0 Å². The number of esters is 1. The van der Waals surface area contributed by atoms with Crippen LogP contribution in [-0.2, 0) is 9.53 Å². The molecule has 0 radical (unpaired) electrons. The fourth-order valence-corrected chi connectivity index (χ4v) is 3.78. The predicted octanol–water partition coefficient (Wildman–Crippen LogP) is 2.12. The van der Waals surface area contributed by atoms with Crippen LogP contribution in [0.1, 0.15) is 20.3 Å². The molecule has 0 aliphatic carbocycles. The maximum Gasteiger partial charge on any atom is 0.319 e. The SMILES string of the molecule is CCOC(=O)[C@H](CC)Sc1nc2[nH]c(=O)cc(O)c2s1. The summed E-state index contributed by atoms with van der Waals surface area (Å²) in [5.74, 6) is -0.380. The lowest BCUT2D eigenvalue weighted by Crippen LogP contribution is -2.19. The van der Waals surface area contributed by atoms with Gasteiger partial charge in [0.1, 0.15) is 15.7 Å². The highest BCUT2D eigenvalue weighted by molar-refractivity contribution is 8.02. The molecule has 6 nitrogen and oxygen atoms in total. The van der Waals surface area contributed by atoms with Crippen molar-refractivity contribution in [3.63, 3.8) is 0 Å². The van der Waals surface area contributed by atoms with Crippen molar-refractivity contribution in [3.8, 4) is 5.75 Å². The first kappa shape index (κ1) is 14.9. The molecular weight excluding hydrogens is 300 g/mol. The zero-order valence-electron chi connectivity index (χ0n) is 11.0. The number of hydrogen-bond acceptors (Lipinski definition) is 7. The van der Waals surface area contributed by atoms with E-state index in [9.17, 15) is 14.7 Å². The molecule has 0 bridgehead atoms. The Morgan fingerprint density at radius 3 is 3.00 bits per heavy atom. The molecule has 2 aromatic rings. The van der Waals surface area contributed by atoms with Gasteiger partial charge in [0.25, 0.3) is 5.56 Å². The number of H-pyrrole nitrogens is 1. The lowest BCUT2D eigenvalue weighted by atomic mass is 10.3. The van der Waals surface area contributed by atoms with Gasteiger partial charge in [-0.3, -0.25) is 9.59 Å². The first-order chi connectivity index (χ1) is 9.55. The van der Waals surface area contributed by atoms with Crippen LogP contribution in [0.3, 0.4) is 0 Å². The number of nitrogens with one attached hydrogen (secondary N) is 1. The van der Waals surface area contributed by atoms with Crippen molar-refractivity contribution >= 4 is 39.4 Å². The summed E-state index contributed by atoms with van der Waals surface area (Å²) in [6, 6.07) is 1.11. The molecule has 0 fully saturated rings. The molecule has 0 unspecified atom stereocenters. The fraction of sp³-hybridized carbons (Fsp3) is 0.417. The van der Waals surface area contributed by atoms with Crippen LogP contribution in [0, 0.1) is 0 Å². The second kappa shape index (κ2) is 6.27. The van der Waals surface area contributed by atoms with E-state index in [1.807, 2.05) is 6.92 Å². The van der Waals surface area contributed by atoms with E-state index in [1.54, 1.807) is 6.92 Å². The number of thiazole rings is 1. The van der Waals surface area contributed by atoms with E-state index in [0.717, 1.165) is 6.07 Å². The predicted molar refractivity (Wildman–Crippen MR) is 78.5 cm³/mol. The number of ether oxygens (including phenoxy) is 1. The Kier molecular flexibility index (Phi) is 4.66. The van der Waals surface area contributed by atoms with Gasteiger partial charge < -0.3 is 14.8 Å². The van der Waals surface area contributed by atoms with Crippen molar-refractivity contribution < 1.29 is 14.6 Å². The normalized spacial score (nSPS) is 12.5. The van der Waals surface area contributed by atoms with Crippen molar-refractivity contribution in [3.05, 3.63) is 16.4 Å². The molecule has 0 spiro atoms. The molecule has 2 aromatic heterocycles. The topological polar surface area (TPSA) is 92.3 Å². The van der Waals surface area contributed by atoms with E-state index in [-0.39, 0.29) is 17.0 Å². The smallest absolute Gasteiger partial charge is 0.319 e. The molecule has 0 aliphatic rings. The number of carbonyl (C=O) groups is 1. The minimum atomic E-state index is -0.408. The van der Waals surface area contributed by atoms with Crippen molar-refractivity contribution in [2.45, 2.75) is 29.9 Å². The minimum absolute atomic E-state index is 0.0997. The van der Waals surface area contributed by atoms with E-state index < -0.39 is 5.56 Å². The zero-order chi connectivity index (χ0) is 14.7. The lowest BCUT2D eigenvalue weighted by Gasteiger charge is -2.10. The zero-order valence-corrected chi connectivity index (χ0v) is 12.6. The summed E-state index contributed by atoms with van der Waals surface area (Å²) in [5.41, 5.74) is -0.0736. The molecule has 0 aliphatic heterocycles. The number of aromatic hydroxyl groups is 1. The molecule has 2 heterocycles. The third-order valence-electron chi connectivity index (χ3n) is 2.51. The van der Waals surface area contributed by atoms with E-state index in [0.29, 0.717) is 27.7 Å². The largest absolute Gasteiger partial charge is 0.506 e. The van der Waals surface area contributed by atoms with Gasteiger partial charge >= 0.3 is 5.97 Å². The molecule has 108 valence electrons. The van der Waals surface area contributed by atoms with Gasteiger partial charge in [-0.1, -0.05) is 18.7 Å². The van der Waals surface area contributed by atoms with Gasteiger partial charge in [-0.15, -0.1) is 11.3 Å². The number of aromatic amines is 1. The highest BCUT2D eigenvalue weighted by atomic mass is 32.2. The molecule has 0 saturated carbocycles. The number of carbonyl (C=O) groups excluding carboxylic acids is 1. The third-order valence-corrected chi connectivity index (χ3v) is 5.03. The number of aromatic nitrogens is 2. The maximum absolute atomic E-state index is 11.7. The Hall–Kier alpha value is -1.54. The van der Waals surface area contributed by atoms with Gasteiger partial charge in [0.15, 0.2) is 9.99 Å². The van der Waals surface area contributed by atoms with Gasteiger partial charge in [-0.25, -0.2) is 4.98 Å². The fourth-order valence-electron chi connectivity index (χ4n) is 1.61. The van der Waals surface area contributed by atoms with Crippen LogP contribution in [0.5, 0.6) is 5.75 Å². The van der Waals surface area contributed by atoms with E-state index >= 15 is 0 Å². The molecule has 0 saturated heterocycles. The number of pyridine rings is 1. The van der Waals surface area contributed by atoms with Crippen LogP contribution in [0.2, 0.25) is 0 Å². The summed E-state index contributed by atoms with van der Waals surface area (Å²) in [7, 11) is 0. The van der Waals surface area contributed by atoms with Gasteiger partial charge in [0.2, 0.25) is 0 Å². The van der Waals surface area contributed by atoms with E-state index in [4.69, 9.17) is 4.74 Å². The quantitative estimate of drug-likeness (QED) is 0.649. The average Bonchev–Trinajstić information content (AvgIpc) is 2.79. The first-order valence-electron chi connectivity index (χ1n) is 6.11. The van der Waals surface area contributed by atoms with Crippen molar-refractivity contribution in [2.75, 3.05) is 6.61 Å². The number of thioether (sulfide) groups is 1. The van der Waals surface area contributed by atoms with Gasteiger partial charge in [-0.2, -0.15) is 0 Å². The molecular formula is C12H14N2O4S2. The van der Waals surface area contributed by atoms with Crippen molar-refractivity contribution in [2.24, 2.45) is 0 Å².